The number of aromatic amines is 1. The maximum Gasteiger partial charge on any atom is 0.256 e. The third kappa shape index (κ3) is 4.59. The zero-order valence-corrected chi connectivity index (χ0v) is 21.0. The van der Waals surface area contributed by atoms with Crippen LogP contribution in [0.1, 0.15) is 19.4 Å². The highest BCUT2D eigenvalue weighted by Crippen LogP contribution is 2.32. The number of aromatic nitrogens is 3. The van der Waals surface area contributed by atoms with E-state index in [1.165, 1.54) is 30.3 Å². The summed E-state index contributed by atoms with van der Waals surface area (Å²) in [6, 6.07) is 8.84. The molecule has 0 bridgehead atoms. The minimum Gasteiger partial charge on any atom is -0.382 e. The van der Waals surface area contributed by atoms with Gasteiger partial charge in [0.25, 0.3) is 5.56 Å². The quantitative estimate of drug-likeness (QED) is 0.403. The number of anilines is 1. The summed E-state index contributed by atoms with van der Waals surface area (Å²) in [5.74, 6) is -1.79. The van der Waals surface area contributed by atoms with Gasteiger partial charge < -0.3 is 15.6 Å². The molecular weight excluding hydrogens is 488 g/mol. The summed E-state index contributed by atoms with van der Waals surface area (Å²) in [7, 11) is 0.00287. The van der Waals surface area contributed by atoms with Gasteiger partial charge in [0.2, 0.25) is 5.95 Å². The molecule has 8 nitrogen and oxygen atoms in total. The molecule has 3 N–H and O–H groups in total. The highest BCUT2D eigenvalue weighted by atomic mass is 32.2. The van der Waals surface area contributed by atoms with Crippen molar-refractivity contribution in [3.05, 3.63) is 70.3 Å². The molecule has 2 aromatic heterocycles. The highest BCUT2D eigenvalue weighted by Gasteiger charge is 2.24. The van der Waals surface area contributed by atoms with Crippen molar-refractivity contribution in [2.45, 2.75) is 30.5 Å². The van der Waals surface area contributed by atoms with Crippen LogP contribution in [0.5, 0.6) is 0 Å². The molecule has 0 aliphatic rings. The monoisotopic (exact) mass is 513 g/mol. The van der Waals surface area contributed by atoms with Crippen LogP contribution in [0.2, 0.25) is 0 Å². The normalized spacial score (nSPS) is 12.1. The number of fused-ring (bicyclic) bond motifs is 1. The highest BCUT2D eigenvalue weighted by molar-refractivity contribution is 7.92. The summed E-state index contributed by atoms with van der Waals surface area (Å²) in [6.45, 7) is 3.49. The molecule has 0 radical (unpaired) electrons. The Bertz CT molecular complexity index is 1650. The van der Waals surface area contributed by atoms with Crippen LogP contribution >= 0.6 is 0 Å². The first-order chi connectivity index (χ1) is 16.9. The second kappa shape index (κ2) is 9.40. The summed E-state index contributed by atoms with van der Waals surface area (Å²) < 4.78 is 55.1. The Morgan fingerprint density at radius 3 is 2.33 bits per heavy atom. The van der Waals surface area contributed by atoms with Crippen molar-refractivity contribution in [3.63, 3.8) is 0 Å². The minimum absolute atomic E-state index is 0.0554. The maximum absolute atomic E-state index is 15.0. The van der Waals surface area contributed by atoms with Crippen molar-refractivity contribution in [3.8, 4) is 22.5 Å². The van der Waals surface area contributed by atoms with Gasteiger partial charge in [-0.2, -0.15) is 9.37 Å². The number of nitrogen functional groups attached to an aromatic ring is 1. The molecule has 0 saturated carbocycles. The largest absolute Gasteiger partial charge is 0.382 e. The van der Waals surface area contributed by atoms with Gasteiger partial charge in [-0.15, -0.1) is 0 Å². The Hall–Kier alpha value is -3.70. The van der Waals surface area contributed by atoms with E-state index < -0.39 is 32.4 Å². The van der Waals surface area contributed by atoms with E-state index in [0.717, 1.165) is 6.20 Å². The Morgan fingerprint density at radius 2 is 1.67 bits per heavy atom. The van der Waals surface area contributed by atoms with E-state index in [1.807, 2.05) is 0 Å². The fourth-order valence-electron chi connectivity index (χ4n) is 3.92. The van der Waals surface area contributed by atoms with Gasteiger partial charge in [0.15, 0.2) is 15.7 Å². The second-order valence-corrected chi connectivity index (χ2v) is 11.4. The van der Waals surface area contributed by atoms with Crippen LogP contribution in [0.15, 0.2) is 52.3 Å². The molecule has 11 heteroatoms. The number of benzene rings is 2. The van der Waals surface area contributed by atoms with Crippen LogP contribution in [0.4, 0.5) is 14.6 Å². The van der Waals surface area contributed by atoms with Gasteiger partial charge in [0.1, 0.15) is 17.2 Å². The number of hydrogen-bond acceptors (Lipinski definition) is 7. The van der Waals surface area contributed by atoms with Crippen molar-refractivity contribution in [1.82, 2.24) is 19.9 Å². The van der Waals surface area contributed by atoms with Crippen LogP contribution in [-0.4, -0.2) is 47.6 Å². The van der Waals surface area contributed by atoms with Gasteiger partial charge in [-0.25, -0.2) is 17.8 Å². The van der Waals surface area contributed by atoms with Crippen molar-refractivity contribution < 1.29 is 17.2 Å². The van der Waals surface area contributed by atoms with E-state index in [1.54, 1.807) is 38.9 Å². The summed E-state index contributed by atoms with van der Waals surface area (Å²) in [4.78, 5) is 24.5. The van der Waals surface area contributed by atoms with Gasteiger partial charge in [0, 0.05) is 34.6 Å². The number of rotatable bonds is 6. The number of halogens is 2. The van der Waals surface area contributed by atoms with Crippen molar-refractivity contribution in [1.29, 1.82) is 0 Å². The molecule has 0 atom stereocenters. The molecule has 0 saturated heterocycles. The predicted molar refractivity (Wildman–Crippen MR) is 135 cm³/mol. The van der Waals surface area contributed by atoms with Crippen LogP contribution in [0.25, 0.3) is 33.3 Å². The van der Waals surface area contributed by atoms with Crippen molar-refractivity contribution in [2.24, 2.45) is 0 Å². The molecule has 0 amide bonds. The van der Waals surface area contributed by atoms with Gasteiger partial charge in [-0.1, -0.05) is 12.1 Å². The van der Waals surface area contributed by atoms with E-state index >= 15 is 0 Å². The standard InChI is InChI=1S/C25H25F2N5O3S/c1-13(2)36(34,35)20-8-6-14(9-16(20)12-32(3)4)21-23(27)31-24(28)22(30-21)15-5-7-17-18(10-15)19(26)11-29-25(17)33/h5-11,13H,12H2,1-4H3,(H2,28,31)(H,29,33). The van der Waals surface area contributed by atoms with Gasteiger partial charge in [-0.05, 0) is 57.8 Å². The first kappa shape index (κ1) is 25.4. The lowest BCUT2D eigenvalue weighted by Crippen LogP contribution is -2.19. The van der Waals surface area contributed by atoms with Gasteiger partial charge in [-0.3, -0.25) is 4.79 Å². The first-order valence-corrected chi connectivity index (χ1v) is 12.6. The number of nitrogens with one attached hydrogen (secondary N) is 1. The molecule has 188 valence electrons. The topological polar surface area (TPSA) is 122 Å². The van der Waals surface area contributed by atoms with Crippen LogP contribution in [0, 0.1) is 11.8 Å². The summed E-state index contributed by atoms with van der Waals surface area (Å²) >= 11 is 0. The molecule has 0 aliphatic carbocycles. The lowest BCUT2D eigenvalue weighted by molar-refractivity contribution is 0.398. The fourth-order valence-corrected chi connectivity index (χ4v) is 5.17. The summed E-state index contributed by atoms with van der Waals surface area (Å²) in [5.41, 5.74) is 6.60. The van der Waals surface area contributed by atoms with Crippen molar-refractivity contribution in [2.75, 3.05) is 19.8 Å². The molecule has 4 aromatic rings. The Kier molecular flexibility index (Phi) is 6.63. The lowest BCUT2D eigenvalue weighted by Gasteiger charge is -2.18. The molecule has 36 heavy (non-hydrogen) atoms. The molecule has 0 unspecified atom stereocenters. The SMILES string of the molecule is CC(C)S(=O)(=O)c1ccc(-c2nc(-c3ccc4c(=O)[nH]cc(F)c4c3)c(N)nc2F)cc1CN(C)C. The predicted octanol–water partition coefficient (Wildman–Crippen LogP) is 3.76. The van der Waals surface area contributed by atoms with E-state index in [4.69, 9.17) is 5.73 Å². The third-order valence-corrected chi connectivity index (χ3v) is 8.01. The number of nitrogens with two attached hydrogens (primary N) is 1. The Morgan fingerprint density at radius 1 is 1.00 bits per heavy atom. The Balaban J connectivity index is 1.90. The maximum atomic E-state index is 15.0. The zero-order chi connectivity index (χ0) is 26.4. The second-order valence-electron chi connectivity index (χ2n) is 8.98. The summed E-state index contributed by atoms with van der Waals surface area (Å²) in [5, 5.41) is -0.438. The minimum atomic E-state index is -3.59. The molecular formula is C25H25F2N5O3S. The molecule has 4 rings (SSSR count). The molecule has 0 spiro atoms. The number of hydrogen-bond donors (Lipinski definition) is 2. The van der Waals surface area contributed by atoms with Gasteiger partial charge >= 0.3 is 0 Å². The average Bonchev–Trinajstić information content (AvgIpc) is 2.81. The third-order valence-electron chi connectivity index (χ3n) is 5.75. The smallest absolute Gasteiger partial charge is 0.256 e. The zero-order valence-electron chi connectivity index (χ0n) is 20.1. The van der Waals surface area contributed by atoms with E-state index in [-0.39, 0.29) is 32.9 Å². The summed E-state index contributed by atoms with van der Waals surface area (Å²) in [6.07, 6.45) is 0.957. The molecule has 0 fully saturated rings. The number of pyridine rings is 1. The van der Waals surface area contributed by atoms with Crippen LogP contribution in [-0.2, 0) is 16.4 Å². The van der Waals surface area contributed by atoms with E-state index in [2.05, 4.69) is 15.0 Å². The molecule has 2 heterocycles. The average molecular weight is 514 g/mol. The van der Waals surface area contributed by atoms with Crippen molar-refractivity contribution >= 4 is 26.4 Å². The Labute approximate surface area is 206 Å². The lowest BCUT2D eigenvalue weighted by atomic mass is 10.0. The van der Waals surface area contributed by atoms with Gasteiger partial charge in [0.05, 0.1) is 10.1 Å². The van der Waals surface area contributed by atoms with Crippen LogP contribution in [0.3, 0.4) is 0 Å². The first-order valence-electron chi connectivity index (χ1n) is 11.1. The number of sulfone groups is 1. The number of nitrogens with zero attached hydrogens (tertiary/aromatic N) is 3. The van der Waals surface area contributed by atoms with E-state index in [0.29, 0.717) is 23.2 Å². The fraction of sp³-hybridized carbons (Fsp3) is 0.240. The number of H-pyrrole nitrogens is 1. The molecule has 0 aliphatic heterocycles. The van der Waals surface area contributed by atoms with E-state index in [9.17, 15) is 22.0 Å². The molecule has 2 aromatic carbocycles. The van der Waals surface area contributed by atoms with Crippen LogP contribution < -0.4 is 11.3 Å².